The summed E-state index contributed by atoms with van der Waals surface area (Å²) in [6, 6.07) is 3.48. The monoisotopic (exact) mass is 386 g/mol. The lowest BCUT2D eigenvalue weighted by molar-refractivity contribution is -0.0232. The third-order valence-electron chi connectivity index (χ3n) is 3.85. The number of hydrogen-bond donors (Lipinski definition) is 0. The summed E-state index contributed by atoms with van der Waals surface area (Å²) >= 11 is 0. The summed E-state index contributed by atoms with van der Waals surface area (Å²) in [4.78, 5) is 37.5. The number of methoxy groups -OCH3 is 1. The first-order valence-electron chi connectivity index (χ1n) is 8.76. The van der Waals surface area contributed by atoms with E-state index in [1.54, 1.807) is 23.2 Å². The lowest BCUT2D eigenvalue weighted by Gasteiger charge is -2.39. The molecule has 0 aromatic carbocycles. The van der Waals surface area contributed by atoms with Crippen molar-refractivity contribution in [1.29, 1.82) is 0 Å². The first-order valence-corrected chi connectivity index (χ1v) is 8.76. The molecule has 9 nitrogen and oxygen atoms in total. The van der Waals surface area contributed by atoms with Crippen molar-refractivity contribution in [2.24, 2.45) is 0 Å². The molecule has 0 saturated carbocycles. The van der Waals surface area contributed by atoms with Crippen LogP contribution in [0.4, 0.5) is 4.79 Å². The summed E-state index contributed by atoms with van der Waals surface area (Å²) in [5.41, 5.74) is 0.794. The van der Waals surface area contributed by atoms with Gasteiger partial charge in [-0.05, 0) is 26.8 Å². The van der Waals surface area contributed by atoms with Gasteiger partial charge in [0.05, 0.1) is 38.3 Å². The SMILES string of the molecule is COC(=O)c1cncc(-c2ccc(OC3CN(C(=O)OC(C)(C)C)C3)nc2)n1. The number of aromatic nitrogens is 3. The van der Waals surface area contributed by atoms with Gasteiger partial charge in [0.1, 0.15) is 11.7 Å². The fourth-order valence-corrected chi connectivity index (χ4v) is 2.47. The van der Waals surface area contributed by atoms with Gasteiger partial charge in [-0.3, -0.25) is 4.98 Å². The molecular weight excluding hydrogens is 364 g/mol. The third-order valence-corrected chi connectivity index (χ3v) is 3.85. The highest BCUT2D eigenvalue weighted by atomic mass is 16.6. The van der Waals surface area contributed by atoms with E-state index in [4.69, 9.17) is 9.47 Å². The van der Waals surface area contributed by atoms with Crippen LogP contribution >= 0.6 is 0 Å². The molecule has 28 heavy (non-hydrogen) atoms. The van der Waals surface area contributed by atoms with E-state index in [1.807, 2.05) is 20.8 Å². The van der Waals surface area contributed by atoms with Crippen molar-refractivity contribution in [3.63, 3.8) is 0 Å². The molecular formula is C19H22N4O5. The zero-order chi connectivity index (χ0) is 20.3. The molecule has 0 radical (unpaired) electrons. The Balaban J connectivity index is 1.56. The minimum absolute atomic E-state index is 0.122. The lowest BCUT2D eigenvalue weighted by atomic mass is 10.1. The van der Waals surface area contributed by atoms with E-state index in [0.29, 0.717) is 30.2 Å². The first kappa shape index (κ1) is 19.5. The van der Waals surface area contributed by atoms with Crippen LogP contribution in [0, 0.1) is 0 Å². The molecule has 0 aliphatic carbocycles. The van der Waals surface area contributed by atoms with E-state index in [2.05, 4.69) is 19.7 Å². The molecule has 0 unspecified atom stereocenters. The highest BCUT2D eigenvalue weighted by Crippen LogP contribution is 2.22. The standard InChI is InChI=1S/C19H22N4O5/c1-19(2,3)28-18(25)23-10-13(11-23)27-16-6-5-12(7-21-16)14-8-20-9-15(22-14)17(24)26-4/h5-9,13H,10-11H2,1-4H3. The summed E-state index contributed by atoms with van der Waals surface area (Å²) in [6.07, 6.45) is 3.99. The summed E-state index contributed by atoms with van der Waals surface area (Å²) in [6.45, 7) is 6.39. The third kappa shape index (κ3) is 4.73. The Morgan fingerprint density at radius 1 is 1.14 bits per heavy atom. The zero-order valence-corrected chi connectivity index (χ0v) is 16.2. The van der Waals surface area contributed by atoms with Crippen molar-refractivity contribution >= 4 is 12.1 Å². The number of pyridine rings is 1. The van der Waals surface area contributed by atoms with Gasteiger partial charge in [0.15, 0.2) is 5.69 Å². The van der Waals surface area contributed by atoms with Crippen LogP contribution < -0.4 is 4.74 Å². The zero-order valence-electron chi connectivity index (χ0n) is 16.2. The van der Waals surface area contributed by atoms with Crippen molar-refractivity contribution in [3.8, 4) is 17.1 Å². The number of carbonyl (C=O) groups is 2. The van der Waals surface area contributed by atoms with Crippen LogP contribution in [0.15, 0.2) is 30.7 Å². The molecule has 3 heterocycles. The number of carbonyl (C=O) groups excluding carboxylic acids is 2. The highest BCUT2D eigenvalue weighted by Gasteiger charge is 2.35. The molecule has 9 heteroatoms. The van der Waals surface area contributed by atoms with Crippen molar-refractivity contribution in [2.45, 2.75) is 32.5 Å². The second kappa shape index (κ2) is 7.79. The Morgan fingerprint density at radius 3 is 2.50 bits per heavy atom. The number of ether oxygens (including phenoxy) is 3. The molecule has 0 spiro atoms. The topological polar surface area (TPSA) is 104 Å². The molecule has 3 rings (SSSR count). The lowest BCUT2D eigenvalue weighted by Crippen LogP contribution is -2.57. The molecule has 0 N–H and O–H groups in total. The summed E-state index contributed by atoms with van der Waals surface area (Å²) in [5.74, 6) is -0.114. The fourth-order valence-electron chi connectivity index (χ4n) is 2.47. The van der Waals surface area contributed by atoms with Crippen LogP contribution in [-0.4, -0.2) is 63.8 Å². The molecule has 2 aromatic rings. The van der Waals surface area contributed by atoms with Gasteiger partial charge < -0.3 is 19.1 Å². The molecule has 0 bridgehead atoms. The summed E-state index contributed by atoms with van der Waals surface area (Å²) in [5, 5.41) is 0. The van der Waals surface area contributed by atoms with E-state index in [-0.39, 0.29) is 17.9 Å². The second-order valence-corrected chi connectivity index (χ2v) is 7.29. The number of hydrogen-bond acceptors (Lipinski definition) is 8. The van der Waals surface area contributed by atoms with Crippen molar-refractivity contribution in [2.75, 3.05) is 20.2 Å². The smallest absolute Gasteiger partial charge is 0.410 e. The number of nitrogens with zero attached hydrogens (tertiary/aromatic N) is 4. The van der Waals surface area contributed by atoms with Crippen molar-refractivity contribution in [3.05, 3.63) is 36.4 Å². The Bertz CT molecular complexity index is 857. The second-order valence-electron chi connectivity index (χ2n) is 7.29. The maximum atomic E-state index is 11.9. The largest absolute Gasteiger partial charge is 0.471 e. The first-order chi connectivity index (χ1) is 13.2. The van der Waals surface area contributed by atoms with Crippen LogP contribution in [0.2, 0.25) is 0 Å². The molecule has 1 aliphatic heterocycles. The van der Waals surface area contributed by atoms with Gasteiger partial charge >= 0.3 is 12.1 Å². The maximum absolute atomic E-state index is 11.9. The average molecular weight is 386 g/mol. The van der Waals surface area contributed by atoms with Gasteiger partial charge in [-0.1, -0.05) is 0 Å². The fraction of sp³-hybridized carbons (Fsp3) is 0.421. The van der Waals surface area contributed by atoms with Crippen molar-refractivity contribution < 1.29 is 23.8 Å². The van der Waals surface area contributed by atoms with Crippen LogP contribution in [0.5, 0.6) is 5.88 Å². The minimum Gasteiger partial charge on any atom is -0.471 e. The van der Waals surface area contributed by atoms with Crippen molar-refractivity contribution in [1.82, 2.24) is 19.9 Å². The van der Waals surface area contributed by atoms with Gasteiger partial charge in [-0.15, -0.1) is 0 Å². The Morgan fingerprint density at radius 2 is 1.89 bits per heavy atom. The quantitative estimate of drug-likeness (QED) is 0.738. The van der Waals surface area contributed by atoms with Crippen LogP contribution in [0.1, 0.15) is 31.3 Å². The predicted molar refractivity (Wildman–Crippen MR) is 98.8 cm³/mol. The number of likely N-dealkylation sites (tertiary alicyclic amines) is 1. The van der Waals surface area contributed by atoms with E-state index in [1.165, 1.54) is 19.5 Å². The van der Waals surface area contributed by atoms with Gasteiger partial charge in [0.2, 0.25) is 5.88 Å². The average Bonchev–Trinajstić information content (AvgIpc) is 2.62. The Labute approximate surface area is 162 Å². The normalized spacial score (nSPS) is 14.2. The maximum Gasteiger partial charge on any atom is 0.410 e. The molecule has 148 valence electrons. The Kier molecular flexibility index (Phi) is 5.43. The van der Waals surface area contributed by atoms with Gasteiger partial charge in [-0.2, -0.15) is 0 Å². The Hall–Kier alpha value is -3.23. The number of amides is 1. The predicted octanol–water partition coefficient (Wildman–Crippen LogP) is 2.32. The number of rotatable bonds is 4. The minimum atomic E-state index is -0.554. The highest BCUT2D eigenvalue weighted by molar-refractivity contribution is 5.87. The van der Waals surface area contributed by atoms with Gasteiger partial charge in [0.25, 0.3) is 0 Å². The van der Waals surface area contributed by atoms with E-state index in [9.17, 15) is 9.59 Å². The van der Waals surface area contributed by atoms with Crippen LogP contribution in [0.25, 0.3) is 11.3 Å². The van der Waals surface area contributed by atoms with E-state index < -0.39 is 11.6 Å². The van der Waals surface area contributed by atoms with Gasteiger partial charge in [-0.25, -0.2) is 19.6 Å². The molecule has 1 aliphatic rings. The summed E-state index contributed by atoms with van der Waals surface area (Å²) in [7, 11) is 1.29. The van der Waals surface area contributed by atoms with E-state index in [0.717, 1.165) is 0 Å². The molecule has 0 atom stereocenters. The molecule has 1 saturated heterocycles. The number of esters is 1. The summed E-state index contributed by atoms with van der Waals surface area (Å²) < 4.78 is 15.7. The van der Waals surface area contributed by atoms with Crippen LogP contribution in [0.3, 0.4) is 0 Å². The van der Waals surface area contributed by atoms with E-state index >= 15 is 0 Å². The molecule has 1 fully saturated rings. The molecule has 2 aromatic heterocycles. The van der Waals surface area contributed by atoms with Crippen LogP contribution in [-0.2, 0) is 9.47 Å². The van der Waals surface area contributed by atoms with Gasteiger partial charge in [0, 0.05) is 17.8 Å². The molecule has 1 amide bonds.